The minimum Gasteiger partial charge on any atom is -0.366 e. The van der Waals surface area contributed by atoms with Crippen LogP contribution in [-0.2, 0) is 4.74 Å². The highest BCUT2D eigenvalue weighted by Crippen LogP contribution is 2.37. The number of hydrogen-bond acceptors (Lipinski definition) is 7. The molecule has 0 aliphatic carbocycles. The van der Waals surface area contributed by atoms with E-state index in [1.807, 2.05) is 18.3 Å². The van der Waals surface area contributed by atoms with Gasteiger partial charge in [-0.1, -0.05) is 29.3 Å². The number of rotatable bonds is 3. The van der Waals surface area contributed by atoms with Crippen LogP contribution in [0.25, 0.3) is 22.0 Å². The average molecular weight is 417 g/mol. The maximum Gasteiger partial charge on any atom is 0.179 e. The van der Waals surface area contributed by atoms with E-state index in [9.17, 15) is 0 Å². The van der Waals surface area contributed by atoms with Crippen molar-refractivity contribution < 1.29 is 4.74 Å². The summed E-state index contributed by atoms with van der Waals surface area (Å²) in [5.41, 5.74) is 2.56. The quantitative estimate of drug-likeness (QED) is 0.528. The second kappa shape index (κ2) is 7.01. The van der Waals surface area contributed by atoms with Crippen LogP contribution < -0.4 is 4.90 Å². The number of aromatic amines is 2. The van der Waals surface area contributed by atoms with E-state index in [1.54, 1.807) is 12.3 Å². The van der Waals surface area contributed by atoms with Gasteiger partial charge in [-0.3, -0.25) is 5.10 Å². The Kier molecular flexibility index (Phi) is 4.34. The Hall–Kier alpha value is -2.75. The highest BCUT2D eigenvalue weighted by Gasteiger charge is 2.26. The summed E-state index contributed by atoms with van der Waals surface area (Å²) >= 11 is 12.7. The number of nitrogens with zero attached hydrogens (tertiary/aromatic N) is 6. The van der Waals surface area contributed by atoms with Crippen molar-refractivity contribution in [3.63, 3.8) is 0 Å². The number of anilines is 1. The van der Waals surface area contributed by atoms with Crippen LogP contribution in [0.5, 0.6) is 0 Å². The molecule has 11 heteroatoms. The van der Waals surface area contributed by atoms with Crippen LogP contribution in [0.4, 0.5) is 5.82 Å². The van der Waals surface area contributed by atoms with Gasteiger partial charge < -0.3 is 9.64 Å². The highest BCUT2D eigenvalue weighted by atomic mass is 35.5. The molecule has 142 valence electrons. The Morgan fingerprint density at radius 3 is 2.96 bits per heavy atom. The van der Waals surface area contributed by atoms with Gasteiger partial charge in [-0.25, -0.2) is 10.1 Å². The smallest absolute Gasteiger partial charge is 0.179 e. The normalized spacial score (nSPS) is 17.4. The summed E-state index contributed by atoms with van der Waals surface area (Å²) in [5, 5.41) is 22.7. The summed E-state index contributed by atoms with van der Waals surface area (Å²) < 4.78 is 5.80. The van der Waals surface area contributed by atoms with Gasteiger partial charge in [0.25, 0.3) is 0 Å². The topological polar surface area (TPSA) is 109 Å². The van der Waals surface area contributed by atoms with Gasteiger partial charge in [0.1, 0.15) is 11.9 Å². The largest absolute Gasteiger partial charge is 0.366 e. The first kappa shape index (κ1) is 17.4. The minimum absolute atomic E-state index is 0.270. The van der Waals surface area contributed by atoms with E-state index in [-0.39, 0.29) is 6.10 Å². The third-order valence-electron chi connectivity index (χ3n) is 4.73. The van der Waals surface area contributed by atoms with Crippen molar-refractivity contribution in [3.8, 4) is 11.1 Å². The molecule has 1 aromatic carbocycles. The fourth-order valence-electron chi connectivity index (χ4n) is 3.34. The van der Waals surface area contributed by atoms with Crippen molar-refractivity contribution in [1.82, 2.24) is 35.8 Å². The number of hydrogen-bond donors (Lipinski definition) is 2. The van der Waals surface area contributed by atoms with E-state index >= 15 is 0 Å². The maximum atomic E-state index is 6.49. The van der Waals surface area contributed by atoms with Crippen molar-refractivity contribution >= 4 is 39.9 Å². The molecule has 1 saturated heterocycles. The monoisotopic (exact) mass is 416 g/mol. The molecule has 1 unspecified atom stereocenters. The summed E-state index contributed by atoms with van der Waals surface area (Å²) in [5.74, 6) is 1.36. The second-order valence-electron chi connectivity index (χ2n) is 6.36. The van der Waals surface area contributed by atoms with Gasteiger partial charge in [0.2, 0.25) is 0 Å². The minimum atomic E-state index is -0.270. The van der Waals surface area contributed by atoms with E-state index < -0.39 is 0 Å². The molecule has 1 aliphatic heterocycles. The molecule has 9 nitrogen and oxygen atoms in total. The average Bonchev–Trinajstić information content (AvgIpc) is 3.44. The Morgan fingerprint density at radius 2 is 2.18 bits per heavy atom. The van der Waals surface area contributed by atoms with E-state index in [0.29, 0.717) is 41.1 Å². The molecule has 0 radical (unpaired) electrons. The lowest BCUT2D eigenvalue weighted by molar-refractivity contribution is 0.0338. The fourth-order valence-corrected chi connectivity index (χ4v) is 3.70. The van der Waals surface area contributed by atoms with E-state index in [0.717, 1.165) is 22.3 Å². The maximum absolute atomic E-state index is 6.49. The molecule has 2 N–H and O–H groups in total. The molecule has 4 aromatic rings. The van der Waals surface area contributed by atoms with Gasteiger partial charge in [-0.05, 0) is 28.1 Å². The lowest BCUT2D eigenvalue weighted by Gasteiger charge is -2.33. The number of morpholine rings is 1. The molecule has 1 atom stereocenters. The number of H-pyrrole nitrogens is 2. The van der Waals surface area contributed by atoms with Crippen molar-refractivity contribution in [2.45, 2.75) is 6.10 Å². The number of pyridine rings is 1. The van der Waals surface area contributed by atoms with Crippen molar-refractivity contribution in [2.75, 3.05) is 24.6 Å². The lowest BCUT2D eigenvalue weighted by atomic mass is 10.0. The third-order valence-corrected chi connectivity index (χ3v) is 5.52. The number of benzene rings is 1. The fraction of sp³-hybridized carbons (Fsp3) is 0.235. The predicted molar refractivity (Wildman–Crippen MR) is 104 cm³/mol. The molecule has 0 amide bonds. The number of ether oxygens (including phenoxy) is 1. The molecule has 3 aromatic heterocycles. The molecule has 4 heterocycles. The van der Waals surface area contributed by atoms with Crippen molar-refractivity contribution in [2.24, 2.45) is 0 Å². The molecular formula is C17H14Cl2N8O. The Bertz CT molecular complexity index is 1120. The summed E-state index contributed by atoms with van der Waals surface area (Å²) in [7, 11) is 0. The summed E-state index contributed by atoms with van der Waals surface area (Å²) in [6, 6.07) is 5.72. The van der Waals surface area contributed by atoms with Crippen LogP contribution >= 0.6 is 23.2 Å². The van der Waals surface area contributed by atoms with Gasteiger partial charge in [-0.15, -0.1) is 5.10 Å². The lowest BCUT2D eigenvalue weighted by Crippen LogP contribution is -2.39. The molecule has 0 saturated carbocycles. The highest BCUT2D eigenvalue weighted by molar-refractivity contribution is 6.45. The van der Waals surface area contributed by atoms with Gasteiger partial charge in [-0.2, -0.15) is 5.10 Å². The number of nitrogens with one attached hydrogen (secondary N) is 2. The SMILES string of the molecule is Clc1ccc2c(-c3cn[nH]c3)cc(N3CCOC(c4nnn[nH]4)C3)nc2c1Cl. The van der Waals surface area contributed by atoms with Crippen LogP contribution in [-0.4, -0.2) is 55.5 Å². The van der Waals surface area contributed by atoms with E-state index in [4.69, 9.17) is 32.9 Å². The van der Waals surface area contributed by atoms with Gasteiger partial charge in [0, 0.05) is 23.7 Å². The van der Waals surface area contributed by atoms with Crippen LogP contribution in [0, 0.1) is 0 Å². The van der Waals surface area contributed by atoms with E-state index in [2.05, 4.69) is 35.7 Å². The molecular weight excluding hydrogens is 403 g/mol. The molecule has 28 heavy (non-hydrogen) atoms. The first-order valence-corrected chi connectivity index (χ1v) is 9.34. The Morgan fingerprint density at radius 1 is 1.25 bits per heavy atom. The zero-order valence-electron chi connectivity index (χ0n) is 14.4. The zero-order chi connectivity index (χ0) is 19.1. The number of halogens is 2. The molecule has 0 bridgehead atoms. The summed E-state index contributed by atoms with van der Waals surface area (Å²) in [6.07, 6.45) is 3.33. The third kappa shape index (κ3) is 2.97. The van der Waals surface area contributed by atoms with Crippen LogP contribution in [0.1, 0.15) is 11.9 Å². The Balaban J connectivity index is 1.62. The van der Waals surface area contributed by atoms with Crippen LogP contribution in [0.3, 0.4) is 0 Å². The number of tetrazole rings is 1. The molecule has 0 spiro atoms. The molecule has 1 fully saturated rings. The van der Waals surface area contributed by atoms with Crippen molar-refractivity contribution in [1.29, 1.82) is 0 Å². The standard InChI is InChI=1S/C17H14Cl2N8O/c18-12-2-1-10-11(9-6-20-21-7-9)5-14(22-16(10)15(12)19)27-3-4-28-13(8-27)17-23-25-26-24-17/h1-2,5-7,13H,3-4,8H2,(H,20,21)(H,23,24,25,26). The van der Waals surface area contributed by atoms with Gasteiger partial charge >= 0.3 is 0 Å². The van der Waals surface area contributed by atoms with Gasteiger partial charge in [0.15, 0.2) is 5.82 Å². The van der Waals surface area contributed by atoms with Crippen LogP contribution in [0.15, 0.2) is 30.6 Å². The molecule has 1 aliphatic rings. The second-order valence-corrected chi connectivity index (χ2v) is 7.15. The first-order chi connectivity index (χ1) is 13.7. The van der Waals surface area contributed by atoms with Crippen LogP contribution in [0.2, 0.25) is 10.0 Å². The van der Waals surface area contributed by atoms with Gasteiger partial charge in [0.05, 0.1) is 34.9 Å². The number of aromatic nitrogens is 7. The first-order valence-electron chi connectivity index (χ1n) is 8.59. The summed E-state index contributed by atoms with van der Waals surface area (Å²) in [6.45, 7) is 1.76. The zero-order valence-corrected chi connectivity index (χ0v) is 15.9. The van der Waals surface area contributed by atoms with E-state index in [1.165, 1.54) is 0 Å². The van der Waals surface area contributed by atoms with Crippen molar-refractivity contribution in [3.05, 3.63) is 46.5 Å². The predicted octanol–water partition coefficient (Wildman–Crippen LogP) is 3.02. The Labute approximate surface area is 169 Å². The summed E-state index contributed by atoms with van der Waals surface area (Å²) in [4.78, 5) is 6.93. The molecule has 5 rings (SSSR count). The number of fused-ring (bicyclic) bond motifs is 1.